The van der Waals surface area contributed by atoms with Crippen molar-refractivity contribution >= 4 is 55.6 Å². The number of hydrogen-bond donors (Lipinski definition) is 1. The van der Waals surface area contributed by atoms with Crippen molar-refractivity contribution in [1.82, 2.24) is 0 Å². The number of aliphatic hydroxyl groups is 1. The molecular formula is C6H6CaNiO8. The zero-order valence-corrected chi connectivity index (χ0v) is 11.0. The Kier molecular flexibility index (Phi) is 16.1. The first-order valence-electron chi connectivity index (χ1n) is 3.11. The SMILES string of the molecule is O=C([O-])CC(O)(CC(=O)[O-])C(=O)[O-].[Ca+2].[Ni+2].[OH-]. The molecule has 0 saturated heterocycles. The van der Waals surface area contributed by atoms with Crippen molar-refractivity contribution in [3.63, 3.8) is 0 Å². The number of carbonyl (C=O) groups is 3. The predicted molar refractivity (Wildman–Crippen MR) is 36.9 cm³/mol. The first-order valence-corrected chi connectivity index (χ1v) is 3.11. The zero-order valence-electron chi connectivity index (χ0n) is 7.78. The van der Waals surface area contributed by atoms with Gasteiger partial charge in [-0.05, 0) is 0 Å². The second-order valence-electron chi connectivity index (χ2n) is 2.42. The topological polar surface area (TPSA) is 171 Å². The summed E-state index contributed by atoms with van der Waals surface area (Å²) in [5, 5.41) is 38.9. The van der Waals surface area contributed by atoms with E-state index in [2.05, 4.69) is 0 Å². The molecule has 0 saturated carbocycles. The van der Waals surface area contributed by atoms with Gasteiger partial charge in [-0.2, -0.15) is 0 Å². The molecule has 0 rings (SSSR count). The van der Waals surface area contributed by atoms with Crippen LogP contribution in [0.3, 0.4) is 0 Å². The molecule has 0 aliphatic heterocycles. The summed E-state index contributed by atoms with van der Waals surface area (Å²) in [4.78, 5) is 30.0. The van der Waals surface area contributed by atoms with Crippen LogP contribution in [0, 0.1) is 0 Å². The van der Waals surface area contributed by atoms with E-state index in [9.17, 15) is 29.7 Å². The van der Waals surface area contributed by atoms with Crippen LogP contribution in [0.4, 0.5) is 0 Å². The first kappa shape index (κ1) is 25.1. The monoisotopic (exact) mass is 304 g/mol. The first-order chi connectivity index (χ1) is 5.78. The molecule has 90 valence electrons. The maximum absolute atomic E-state index is 10.1. The van der Waals surface area contributed by atoms with E-state index in [0.29, 0.717) is 0 Å². The molecule has 0 aliphatic carbocycles. The van der Waals surface area contributed by atoms with Gasteiger partial charge in [0.25, 0.3) is 0 Å². The van der Waals surface area contributed by atoms with Crippen LogP contribution in [-0.4, -0.2) is 71.8 Å². The van der Waals surface area contributed by atoms with Crippen LogP contribution in [-0.2, 0) is 30.9 Å². The number of carbonyl (C=O) groups excluding carboxylic acids is 3. The van der Waals surface area contributed by atoms with Gasteiger partial charge in [0.1, 0.15) is 5.60 Å². The van der Waals surface area contributed by atoms with E-state index in [1.807, 2.05) is 0 Å². The molecule has 0 atom stereocenters. The fourth-order valence-corrected chi connectivity index (χ4v) is 0.684. The average Bonchev–Trinajstić information content (AvgIpc) is 1.82. The number of carboxylic acids is 3. The Hall–Kier alpha value is 0.0832. The maximum Gasteiger partial charge on any atom is 2.00 e. The van der Waals surface area contributed by atoms with E-state index in [1.165, 1.54) is 0 Å². The van der Waals surface area contributed by atoms with Crippen LogP contribution >= 0.6 is 0 Å². The van der Waals surface area contributed by atoms with E-state index < -0.39 is 36.4 Å². The minimum absolute atomic E-state index is 0. The molecule has 0 heterocycles. The van der Waals surface area contributed by atoms with Crippen molar-refractivity contribution < 1.29 is 56.8 Å². The largest absolute Gasteiger partial charge is 2.00 e. The van der Waals surface area contributed by atoms with Crippen molar-refractivity contribution in [1.29, 1.82) is 0 Å². The molecule has 0 spiro atoms. The fourth-order valence-electron chi connectivity index (χ4n) is 0.684. The van der Waals surface area contributed by atoms with E-state index in [4.69, 9.17) is 5.11 Å². The summed E-state index contributed by atoms with van der Waals surface area (Å²) in [6.07, 6.45) is -2.72. The molecule has 10 heteroatoms. The van der Waals surface area contributed by atoms with Crippen LogP contribution in [0.1, 0.15) is 12.8 Å². The summed E-state index contributed by atoms with van der Waals surface area (Å²) in [5.41, 5.74) is -2.97. The van der Waals surface area contributed by atoms with Gasteiger partial charge in [0, 0.05) is 24.8 Å². The summed E-state index contributed by atoms with van der Waals surface area (Å²) in [6, 6.07) is 0. The van der Waals surface area contributed by atoms with Gasteiger partial charge in [-0.25, -0.2) is 0 Å². The van der Waals surface area contributed by atoms with Crippen LogP contribution in [0.2, 0.25) is 0 Å². The van der Waals surface area contributed by atoms with Gasteiger partial charge in [0.15, 0.2) is 0 Å². The number of aliphatic carboxylic acids is 3. The number of rotatable bonds is 5. The minimum Gasteiger partial charge on any atom is -0.870 e. The molecular weight excluding hydrogens is 299 g/mol. The summed E-state index contributed by atoms with van der Waals surface area (Å²) < 4.78 is 0. The van der Waals surface area contributed by atoms with E-state index in [0.717, 1.165) is 0 Å². The Morgan fingerprint density at radius 2 is 1.25 bits per heavy atom. The Morgan fingerprint density at radius 1 is 1.00 bits per heavy atom. The molecule has 0 radical (unpaired) electrons. The van der Waals surface area contributed by atoms with Gasteiger partial charge in [-0.3, -0.25) is 0 Å². The Bertz CT molecular complexity index is 239. The molecule has 0 aromatic rings. The standard InChI is InChI=1S/C6H8O7.Ca.Ni.H2O/c7-3(8)1-6(13,5(11)12)2-4(9)10;;;/h13H,1-2H2,(H,7,8)(H,9,10)(H,11,12);;;1H2/q;2*+2;/p-4. The summed E-state index contributed by atoms with van der Waals surface area (Å²) in [5.74, 6) is -5.98. The van der Waals surface area contributed by atoms with Crippen LogP contribution in [0.15, 0.2) is 0 Å². The van der Waals surface area contributed by atoms with Crippen molar-refractivity contribution in [3.05, 3.63) is 0 Å². The molecule has 2 N–H and O–H groups in total. The molecule has 0 fully saturated rings. The molecule has 0 unspecified atom stereocenters. The van der Waals surface area contributed by atoms with Gasteiger partial charge in [-0.1, -0.05) is 0 Å². The molecule has 0 bridgehead atoms. The molecule has 0 aliphatic rings. The number of hydrogen-bond acceptors (Lipinski definition) is 8. The Labute approximate surface area is 130 Å². The van der Waals surface area contributed by atoms with Gasteiger partial charge < -0.3 is 40.3 Å². The molecule has 0 aromatic carbocycles. The molecule has 0 aromatic heterocycles. The van der Waals surface area contributed by atoms with Crippen LogP contribution in [0.25, 0.3) is 0 Å². The quantitative estimate of drug-likeness (QED) is 0.489. The van der Waals surface area contributed by atoms with Crippen molar-refractivity contribution in [2.45, 2.75) is 18.4 Å². The molecule has 16 heavy (non-hydrogen) atoms. The Morgan fingerprint density at radius 3 is 1.38 bits per heavy atom. The van der Waals surface area contributed by atoms with Gasteiger partial charge in [-0.15, -0.1) is 0 Å². The smallest absolute Gasteiger partial charge is 0.870 e. The van der Waals surface area contributed by atoms with Gasteiger partial charge in [0.2, 0.25) is 0 Å². The average molecular weight is 305 g/mol. The van der Waals surface area contributed by atoms with Crippen LogP contribution < -0.4 is 15.3 Å². The second-order valence-corrected chi connectivity index (χ2v) is 2.42. The van der Waals surface area contributed by atoms with Crippen molar-refractivity contribution in [2.24, 2.45) is 0 Å². The van der Waals surface area contributed by atoms with Gasteiger partial charge >= 0.3 is 54.2 Å². The van der Waals surface area contributed by atoms with Crippen molar-refractivity contribution in [2.75, 3.05) is 0 Å². The fraction of sp³-hybridized carbons (Fsp3) is 0.500. The third-order valence-corrected chi connectivity index (χ3v) is 1.25. The van der Waals surface area contributed by atoms with E-state index in [1.54, 1.807) is 0 Å². The van der Waals surface area contributed by atoms with Crippen molar-refractivity contribution in [3.8, 4) is 0 Å². The predicted octanol–water partition coefficient (Wildman–Crippen LogP) is -5.81. The number of carboxylic acid groups (broad SMARTS) is 3. The molecule has 0 amide bonds. The molecule has 8 nitrogen and oxygen atoms in total. The maximum atomic E-state index is 10.1. The summed E-state index contributed by atoms with van der Waals surface area (Å²) in [7, 11) is 0. The Balaban J connectivity index is -0.000000240. The van der Waals surface area contributed by atoms with Crippen LogP contribution in [0.5, 0.6) is 0 Å². The van der Waals surface area contributed by atoms with Gasteiger partial charge in [0.05, 0.1) is 5.97 Å². The summed E-state index contributed by atoms with van der Waals surface area (Å²) in [6.45, 7) is 0. The third kappa shape index (κ3) is 9.32. The summed E-state index contributed by atoms with van der Waals surface area (Å²) >= 11 is 0. The third-order valence-electron chi connectivity index (χ3n) is 1.25. The minimum atomic E-state index is -2.97. The van der Waals surface area contributed by atoms with E-state index >= 15 is 0 Å². The van der Waals surface area contributed by atoms with E-state index in [-0.39, 0.29) is 59.7 Å². The zero-order chi connectivity index (χ0) is 10.6. The normalized spacial score (nSPS) is 8.81. The second kappa shape index (κ2) is 10.3.